The minimum Gasteiger partial charge on any atom is -0.378 e. The van der Waals surface area contributed by atoms with Crippen LogP contribution in [0.4, 0.5) is 4.39 Å². The molecule has 4 aromatic rings. The van der Waals surface area contributed by atoms with Gasteiger partial charge in [0.05, 0.1) is 5.52 Å². The van der Waals surface area contributed by atoms with Crippen LogP contribution in [0, 0.1) is 0 Å². The number of para-hydroxylation sites is 1. The van der Waals surface area contributed by atoms with E-state index in [2.05, 4.69) is 4.57 Å². The fraction of sp³-hybridized carbons (Fsp3) is 0.0909. The average Bonchev–Trinajstić information content (AvgIpc) is 3.12. The van der Waals surface area contributed by atoms with Crippen LogP contribution in [-0.4, -0.2) is 16.3 Å². The number of alkyl halides is 1. The van der Waals surface area contributed by atoms with Crippen molar-refractivity contribution < 1.29 is 9.50 Å². The standard InChI is InChI=1S/C22H18FNO/c23-16-22(25,18-7-3-1-4-8-18)19-11-12-21-17(15-19)13-14-24(21)20-9-5-2-6-10-20/h1-15,25H,16H2. The molecule has 1 heterocycles. The Morgan fingerprint density at radius 2 is 1.48 bits per heavy atom. The quantitative estimate of drug-likeness (QED) is 0.569. The second kappa shape index (κ2) is 6.19. The molecule has 0 fully saturated rings. The molecule has 0 aliphatic carbocycles. The van der Waals surface area contributed by atoms with Crippen LogP contribution in [-0.2, 0) is 5.60 Å². The fourth-order valence-corrected chi connectivity index (χ4v) is 3.25. The van der Waals surface area contributed by atoms with Crippen molar-refractivity contribution in [1.29, 1.82) is 0 Å². The van der Waals surface area contributed by atoms with Gasteiger partial charge < -0.3 is 9.67 Å². The molecule has 0 saturated carbocycles. The van der Waals surface area contributed by atoms with E-state index >= 15 is 0 Å². The first-order valence-electron chi connectivity index (χ1n) is 8.23. The van der Waals surface area contributed by atoms with Gasteiger partial charge >= 0.3 is 0 Å². The van der Waals surface area contributed by atoms with Crippen LogP contribution >= 0.6 is 0 Å². The maximum absolute atomic E-state index is 13.8. The highest BCUT2D eigenvalue weighted by atomic mass is 19.1. The lowest BCUT2D eigenvalue weighted by Gasteiger charge is -2.26. The summed E-state index contributed by atoms with van der Waals surface area (Å²) in [5, 5.41) is 11.9. The molecule has 1 atom stereocenters. The predicted octanol–water partition coefficient (Wildman–Crippen LogP) is 4.84. The summed E-state index contributed by atoms with van der Waals surface area (Å²) in [5.41, 5.74) is 1.56. The van der Waals surface area contributed by atoms with Crippen LogP contribution in [0.1, 0.15) is 11.1 Å². The first-order valence-corrected chi connectivity index (χ1v) is 8.23. The smallest absolute Gasteiger partial charge is 0.143 e. The number of aliphatic hydroxyl groups is 1. The summed E-state index contributed by atoms with van der Waals surface area (Å²) in [6.45, 7) is -0.873. The van der Waals surface area contributed by atoms with Crippen molar-refractivity contribution in [1.82, 2.24) is 4.57 Å². The van der Waals surface area contributed by atoms with Gasteiger partial charge in [-0.05, 0) is 41.5 Å². The second-order valence-corrected chi connectivity index (χ2v) is 6.15. The molecular formula is C22H18FNO. The normalized spacial score (nSPS) is 13.7. The Kier molecular flexibility index (Phi) is 3.86. The van der Waals surface area contributed by atoms with Crippen molar-refractivity contribution in [3.63, 3.8) is 0 Å². The summed E-state index contributed by atoms with van der Waals surface area (Å²) in [6.07, 6.45) is 1.99. The van der Waals surface area contributed by atoms with E-state index in [0.29, 0.717) is 11.1 Å². The summed E-state index contributed by atoms with van der Waals surface area (Å²) in [7, 11) is 0. The van der Waals surface area contributed by atoms with Crippen LogP contribution in [0.3, 0.4) is 0 Å². The Labute approximate surface area is 145 Å². The Morgan fingerprint density at radius 1 is 0.800 bits per heavy atom. The van der Waals surface area contributed by atoms with Gasteiger partial charge in [0, 0.05) is 17.3 Å². The van der Waals surface area contributed by atoms with Crippen molar-refractivity contribution in [3.8, 4) is 5.69 Å². The molecule has 0 saturated heterocycles. The zero-order chi connectivity index (χ0) is 17.3. The van der Waals surface area contributed by atoms with Gasteiger partial charge in [-0.2, -0.15) is 0 Å². The maximum Gasteiger partial charge on any atom is 0.143 e. The number of rotatable bonds is 4. The Balaban J connectivity index is 1.82. The molecule has 0 spiro atoms. The number of fused-ring (bicyclic) bond motifs is 1. The second-order valence-electron chi connectivity index (χ2n) is 6.15. The zero-order valence-electron chi connectivity index (χ0n) is 13.6. The van der Waals surface area contributed by atoms with Crippen LogP contribution in [0.5, 0.6) is 0 Å². The zero-order valence-corrected chi connectivity index (χ0v) is 13.6. The summed E-state index contributed by atoms with van der Waals surface area (Å²) < 4.78 is 15.9. The summed E-state index contributed by atoms with van der Waals surface area (Å²) in [6, 6.07) is 26.6. The average molecular weight is 331 g/mol. The maximum atomic E-state index is 13.8. The van der Waals surface area contributed by atoms with Gasteiger partial charge in [0.2, 0.25) is 0 Å². The van der Waals surface area contributed by atoms with Gasteiger partial charge in [0.15, 0.2) is 0 Å². The number of hydrogen-bond donors (Lipinski definition) is 1. The van der Waals surface area contributed by atoms with Crippen LogP contribution < -0.4 is 0 Å². The fourth-order valence-electron chi connectivity index (χ4n) is 3.25. The monoisotopic (exact) mass is 331 g/mol. The number of nitrogens with zero attached hydrogens (tertiary/aromatic N) is 1. The third-order valence-electron chi connectivity index (χ3n) is 4.65. The number of aromatic nitrogens is 1. The highest BCUT2D eigenvalue weighted by Crippen LogP contribution is 2.33. The Bertz CT molecular complexity index is 994. The molecule has 0 aliphatic heterocycles. The highest BCUT2D eigenvalue weighted by molar-refractivity contribution is 5.83. The lowest BCUT2D eigenvalue weighted by atomic mass is 9.87. The lowest BCUT2D eigenvalue weighted by molar-refractivity contribution is 0.0519. The molecule has 25 heavy (non-hydrogen) atoms. The molecular weight excluding hydrogens is 313 g/mol. The van der Waals surface area contributed by atoms with E-state index in [-0.39, 0.29) is 0 Å². The SMILES string of the molecule is OC(CF)(c1ccccc1)c1ccc2c(ccn2-c2ccccc2)c1. The van der Waals surface area contributed by atoms with Gasteiger partial charge in [0.1, 0.15) is 12.3 Å². The molecule has 0 amide bonds. The first-order chi connectivity index (χ1) is 12.2. The van der Waals surface area contributed by atoms with Crippen LogP contribution in [0.15, 0.2) is 91.1 Å². The van der Waals surface area contributed by atoms with E-state index in [0.717, 1.165) is 16.6 Å². The molecule has 3 heteroatoms. The summed E-state index contributed by atoms with van der Waals surface area (Å²) >= 11 is 0. The van der Waals surface area contributed by atoms with Gasteiger partial charge in [-0.1, -0.05) is 54.6 Å². The van der Waals surface area contributed by atoms with Crippen molar-refractivity contribution in [2.75, 3.05) is 6.67 Å². The minimum absolute atomic E-state index is 0.555. The van der Waals surface area contributed by atoms with Crippen LogP contribution in [0.2, 0.25) is 0 Å². The minimum atomic E-state index is -1.63. The highest BCUT2D eigenvalue weighted by Gasteiger charge is 2.31. The molecule has 2 nitrogen and oxygen atoms in total. The third kappa shape index (κ3) is 2.63. The van der Waals surface area contributed by atoms with Crippen molar-refractivity contribution >= 4 is 10.9 Å². The van der Waals surface area contributed by atoms with E-state index in [4.69, 9.17) is 0 Å². The van der Waals surface area contributed by atoms with E-state index in [9.17, 15) is 9.50 Å². The number of hydrogen-bond acceptors (Lipinski definition) is 1. The molecule has 1 N–H and O–H groups in total. The van der Waals surface area contributed by atoms with Gasteiger partial charge in [0.25, 0.3) is 0 Å². The molecule has 0 radical (unpaired) electrons. The van der Waals surface area contributed by atoms with Gasteiger partial charge in [-0.3, -0.25) is 0 Å². The summed E-state index contributed by atoms with van der Waals surface area (Å²) in [4.78, 5) is 0. The van der Waals surface area contributed by atoms with E-state index in [1.165, 1.54) is 0 Å². The predicted molar refractivity (Wildman–Crippen MR) is 98.7 cm³/mol. The first kappa shape index (κ1) is 15.6. The van der Waals surface area contributed by atoms with E-state index in [1.54, 1.807) is 30.3 Å². The molecule has 4 rings (SSSR count). The molecule has 1 unspecified atom stereocenters. The van der Waals surface area contributed by atoms with E-state index < -0.39 is 12.3 Å². The third-order valence-corrected chi connectivity index (χ3v) is 4.65. The van der Waals surface area contributed by atoms with Crippen LogP contribution in [0.25, 0.3) is 16.6 Å². The number of halogens is 1. The number of benzene rings is 3. The van der Waals surface area contributed by atoms with Gasteiger partial charge in [-0.15, -0.1) is 0 Å². The lowest BCUT2D eigenvalue weighted by Crippen LogP contribution is -2.29. The summed E-state index contributed by atoms with van der Waals surface area (Å²) in [5.74, 6) is 0. The van der Waals surface area contributed by atoms with Crippen molar-refractivity contribution in [3.05, 3.63) is 102 Å². The van der Waals surface area contributed by atoms with Crippen molar-refractivity contribution in [2.45, 2.75) is 5.60 Å². The van der Waals surface area contributed by atoms with Crippen molar-refractivity contribution in [2.24, 2.45) is 0 Å². The largest absolute Gasteiger partial charge is 0.378 e. The molecule has 0 bridgehead atoms. The molecule has 3 aromatic carbocycles. The van der Waals surface area contributed by atoms with E-state index in [1.807, 2.05) is 60.8 Å². The Morgan fingerprint density at radius 3 is 2.16 bits per heavy atom. The molecule has 0 aliphatic rings. The molecule has 124 valence electrons. The van der Waals surface area contributed by atoms with Gasteiger partial charge in [-0.25, -0.2) is 4.39 Å². The molecule has 1 aromatic heterocycles. The topological polar surface area (TPSA) is 25.2 Å². The Hall–Kier alpha value is -2.91.